The van der Waals surface area contributed by atoms with E-state index in [1.165, 1.54) is 19.2 Å². The summed E-state index contributed by atoms with van der Waals surface area (Å²) in [6, 6.07) is 40.7. The number of anilines is 1. The standard InChI is InChI=1S/C58H51N7O10/c1-71-31-32-72-57(70)64-45-24-18-37(11-10-26-63-46-17-9-8-16-44(46)59-60-63)33-43(45)58(56(64)69)49(54(67)62-29-27-61(28-30-62)35-38-19-25-47-48(34-38)74-36-73-47)51-55(68)75-52(40-14-6-3-7-15-40)50(39-12-4-2-5-13-39)65(51)53(58)41-20-22-42(66)23-21-41/h2-9,12-25,33-34,49-53,66H,26-32,35-36H2,1H3/t49-,50-,51-,52+,53+,58-/m0/s1. The molecule has 3 fully saturated rings. The summed E-state index contributed by atoms with van der Waals surface area (Å²) >= 11 is 0. The fourth-order valence-electron chi connectivity index (χ4n) is 11.7. The molecule has 0 radical (unpaired) electrons. The molecular formula is C58H51N7O10. The van der Waals surface area contributed by atoms with Crippen molar-refractivity contribution in [3.05, 3.63) is 179 Å². The molecule has 0 aliphatic carbocycles. The molecule has 0 bridgehead atoms. The second-order valence-electron chi connectivity index (χ2n) is 19.2. The second kappa shape index (κ2) is 19.7. The minimum Gasteiger partial charge on any atom is -0.508 e. The van der Waals surface area contributed by atoms with Gasteiger partial charge in [-0.2, -0.15) is 0 Å². The monoisotopic (exact) mass is 1010 g/mol. The summed E-state index contributed by atoms with van der Waals surface area (Å²) in [6.45, 7) is 2.30. The van der Waals surface area contributed by atoms with Gasteiger partial charge in [0.25, 0.3) is 0 Å². The van der Waals surface area contributed by atoms with Crippen molar-refractivity contribution in [1.29, 1.82) is 0 Å². The Balaban J connectivity index is 1.04. The molecular weight excluding hydrogens is 955 g/mol. The molecule has 17 nitrogen and oxygen atoms in total. The topological polar surface area (TPSA) is 178 Å². The molecule has 1 aromatic heterocycles. The van der Waals surface area contributed by atoms with Crippen molar-refractivity contribution in [2.24, 2.45) is 5.92 Å². The lowest BCUT2D eigenvalue weighted by Crippen LogP contribution is -2.59. The van der Waals surface area contributed by atoms with Gasteiger partial charge >= 0.3 is 12.1 Å². The molecule has 12 rings (SSSR count). The van der Waals surface area contributed by atoms with Gasteiger partial charge in [-0.15, -0.1) is 5.10 Å². The van der Waals surface area contributed by atoms with Crippen molar-refractivity contribution in [1.82, 2.24) is 29.7 Å². The highest BCUT2D eigenvalue weighted by Gasteiger charge is 2.76. The van der Waals surface area contributed by atoms with Crippen molar-refractivity contribution in [2.45, 2.75) is 42.7 Å². The van der Waals surface area contributed by atoms with Gasteiger partial charge in [-0.1, -0.05) is 108 Å². The highest BCUT2D eigenvalue weighted by Crippen LogP contribution is 2.66. The van der Waals surface area contributed by atoms with Gasteiger partial charge in [0.15, 0.2) is 11.5 Å². The lowest BCUT2D eigenvalue weighted by molar-refractivity contribution is -0.179. The van der Waals surface area contributed by atoms with E-state index in [2.05, 4.69) is 27.1 Å². The van der Waals surface area contributed by atoms with E-state index >= 15 is 14.4 Å². The second-order valence-corrected chi connectivity index (χ2v) is 19.2. The predicted octanol–water partition coefficient (Wildman–Crippen LogP) is 6.71. The van der Waals surface area contributed by atoms with Crippen molar-refractivity contribution < 1.29 is 48.0 Å². The highest BCUT2D eigenvalue weighted by molar-refractivity contribution is 6.23. The van der Waals surface area contributed by atoms with Gasteiger partial charge in [0.1, 0.15) is 42.0 Å². The number of carbonyl (C=O) groups excluding carboxylic acids is 4. The molecule has 1 N–H and O–H groups in total. The lowest BCUT2D eigenvalue weighted by Gasteiger charge is -2.46. The number of hydrogen-bond acceptors (Lipinski definition) is 14. The van der Waals surface area contributed by atoms with Gasteiger partial charge in [-0.05, 0) is 82.4 Å². The number of phenolic OH excluding ortho intramolecular Hbond substituents is 1. The Morgan fingerprint density at radius 3 is 2.28 bits per heavy atom. The summed E-state index contributed by atoms with van der Waals surface area (Å²) in [5.74, 6) is 4.42. The third-order valence-corrected chi connectivity index (χ3v) is 15.0. The van der Waals surface area contributed by atoms with E-state index in [9.17, 15) is 9.90 Å². The van der Waals surface area contributed by atoms with Crippen LogP contribution in [-0.2, 0) is 47.1 Å². The number of piperazine rings is 1. The molecule has 7 aromatic rings. The first-order chi connectivity index (χ1) is 36.7. The number of esters is 1. The van der Waals surface area contributed by atoms with Crippen LogP contribution in [0.15, 0.2) is 146 Å². The Kier molecular flexibility index (Phi) is 12.5. The number of phenols is 1. The average Bonchev–Trinajstić information content (AvgIpc) is 4.32. The van der Waals surface area contributed by atoms with Crippen LogP contribution in [0.5, 0.6) is 17.2 Å². The van der Waals surface area contributed by atoms with Gasteiger partial charge in [0.2, 0.25) is 18.6 Å². The van der Waals surface area contributed by atoms with E-state index in [1.54, 1.807) is 39.9 Å². The fraction of sp³-hybridized carbons (Fsp3) is 0.276. The number of amides is 3. The number of cyclic esters (lactones) is 1. The average molecular weight is 1010 g/mol. The van der Waals surface area contributed by atoms with E-state index in [-0.39, 0.29) is 51.1 Å². The summed E-state index contributed by atoms with van der Waals surface area (Å²) < 4.78 is 30.6. The Bertz CT molecular complexity index is 3390. The highest BCUT2D eigenvalue weighted by atomic mass is 16.7. The number of rotatable bonds is 10. The molecule has 6 aromatic carbocycles. The summed E-state index contributed by atoms with van der Waals surface area (Å²) in [4.78, 5) is 70.2. The summed E-state index contributed by atoms with van der Waals surface area (Å²) in [6.07, 6.45) is -1.90. The third kappa shape index (κ3) is 8.27. The van der Waals surface area contributed by atoms with E-state index in [4.69, 9.17) is 23.7 Å². The number of fused-ring (bicyclic) bond motifs is 5. The van der Waals surface area contributed by atoms with E-state index in [1.807, 2.05) is 108 Å². The number of carbonyl (C=O) groups is 4. The Hall–Kier alpha value is -8.56. The molecule has 1 spiro atoms. The number of para-hydroxylation sites is 1. The molecule has 5 aliphatic rings. The molecule has 0 unspecified atom stereocenters. The number of methoxy groups -OCH3 is 1. The Morgan fingerprint density at radius 1 is 0.773 bits per heavy atom. The summed E-state index contributed by atoms with van der Waals surface area (Å²) in [7, 11) is 1.47. The number of morpholine rings is 1. The predicted molar refractivity (Wildman–Crippen MR) is 272 cm³/mol. The first-order valence-electron chi connectivity index (χ1n) is 24.9. The molecule has 0 saturated carbocycles. The molecule has 5 aliphatic heterocycles. The van der Waals surface area contributed by atoms with Crippen LogP contribution in [0.4, 0.5) is 10.5 Å². The van der Waals surface area contributed by atoms with E-state index in [0.29, 0.717) is 53.4 Å². The van der Waals surface area contributed by atoms with E-state index in [0.717, 1.165) is 27.1 Å². The quantitative estimate of drug-likeness (QED) is 0.0869. The molecule has 3 amide bonds. The van der Waals surface area contributed by atoms with E-state index < -0.39 is 59.4 Å². The number of aromatic hydroxyl groups is 1. The summed E-state index contributed by atoms with van der Waals surface area (Å²) in [5, 5.41) is 19.4. The summed E-state index contributed by atoms with van der Waals surface area (Å²) in [5.41, 5.74) is 3.42. The van der Waals surface area contributed by atoms with Gasteiger partial charge in [0.05, 0.1) is 35.8 Å². The van der Waals surface area contributed by atoms with Crippen LogP contribution in [0, 0.1) is 17.8 Å². The number of nitrogens with zero attached hydrogens (tertiary/aromatic N) is 7. The minimum atomic E-state index is -2.03. The maximum Gasteiger partial charge on any atom is 0.421 e. The van der Waals surface area contributed by atoms with Crippen molar-refractivity contribution >= 4 is 40.6 Å². The van der Waals surface area contributed by atoms with Crippen molar-refractivity contribution in [2.75, 3.05) is 58.2 Å². The normalized spacial score (nSPS) is 22.9. The molecule has 75 heavy (non-hydrogen) atoms. The zero-order chi connectivity index (χ0) is 51.2. The minimum absolute atomic E-state index is 0.0346. The Morgan fingerprint density at radius 2 is 1.51 bits per heavy atom. The van der Waals surface area contributed by atoms with Crippen LogP contribution in [0.1, 0.15) is 51.6 Å². The molecule has 17 heteroatoms. The SMILES string of the molecule is COCCOC(=O)N1C(=O)[C@@]2(c3cc(C#CCn4nnc5ccccc54)ccc31)[C@H](C(=O)N1CCN(Cc3ccc4c(c3)OCO4)CC1)[C@H]1C(=O)O[C@H](c3ccccc3)[C@H](c3ccccc3)N1[C@@H]2c1ccc(O)cc1. The van der Waals surface area contributed by atoms with Crippen molar-refractivity contribution in [3.8, 4) is 29.1 Å². The zero-order valence-corrected chi connectivity index (χ0v) is 40.9. The van der Waals surface area contributed by atoms with Crippen LogP contribution < -0.4 is 14.4 Å². The fourth-order valence-corrected chi connectivity index (χ4v) is 11.7. The first kappa shape index (κ1) is 47.4. The van der Waals surface area contributed by atoms with Crippen LogP contribution >= 0.6 is 0 Å². The number of imide groups is 1. The van der Waals surface area contributed by atoms with Gasteiger partial charge in [-0.3, -0.25) is 24.2 Å². The lowest BCUT2D eigenvalue weighted by atomic mass is 9.65. The van der Waals surface area contributed by atoms with Crippen LogP contribution in [0.3, 0.4) is 0 Å². The number of aromatic nitrogens is 3. The maximum absolute atomic E-state index is 16.6. The third-order valence-electron chi connectivity index (χ3n) is 15.0. The van der Waals surface area contributed by atoms with Crippen LogP contribution in [0.2, 0.25) is 0 Å². The first-order valence-corrected chi connectivity index (χ1v) is 24.9. The molecule has 378 valence electrons. The number of benzene rings is 6. The molecule has 3 saturated heterocycles. The van der Waals surface area contributed by atoms with Crippen LogP contribution in [-0.4, -0.2) is 118 Å². The molecule has 6 atom stereocenters. The largest absolute Gasteiger partial charge is 0.508 e. The molecule has 6 heterocycles. The van der Waals surface area contributed by atoms with Crippen molar-refractivity contribution in [3.63, 3.8) is 0 Å². The zero-order valence-electron chi connectivity index (χ0n) is 40.9. The van der Waals surface area contributed by atoms with Crippen LogP contribution in [0.25, 0.3) is 11.0 Å². The van der Waals surface area contributed by atoms with Gasteiger partial charge < -0.3 is 33.7 Å². The smallest absolute Gasteiger partial charge is 0.421 e. The number of hydrogen-bond donors (Lipinski definition) is 1. The van der Waals surface area contributed by atoms with Gasteiger partial charge in [0, 0.05) is 45.4 Å². The Labute approximate surface area is 431 Å². The van der Waals surface area contributed by atoms with Gasteiger partial charge in [-0.25, -0.2) is 14.4 Å². The maximum atomic E-state index is 16.6. The number of ether oxygens (including phenoxy) is 5.